The van der Waals surface area contributed by atoms with Gasteiger partial charge in [-0.2, -0.15) is 35.9 Å². The maximum Gasteiger partial charge on any atom is 0.422 e. The molecule has 0 aliphatic carbocycles. The van der Waals surface area contributed by atoms with Crippen LogP contribution < -0.4 is 14.2 Å². The Kier molecular flexibility index (Phi) is 10.1. The Morgan fingerprint density at radius 3 is 2.61 bits per heavy atom. The summed E-state index contributed by atoms with van der Waals surface area (Å²) < 4.78 is 81.6. The number of ether oxygens (including phenoxy) is 3. The van der Waals surface area contributed by atoms with Crippen LogP contribution in [0.3, 0.4) is 0 Å². The van der Waals surface area contributed by atoms with E-state index < -0.39 is 45.5 Å². The maximum atomic E-state index is 12.9. The minimum atomic E-state index is -4.70. The summed E-state index contributed by atoms with van der Waals surface area (Å²) in [6, 6.07) is 6.27. The number of methoxy groups -OCH3 is 1. The molecule has 0 saturated carbocycles. The summed E-state index contributed by atoms with van der Waals surface area (Å²) in [6.45, 7) is -0.747. The number of nitrogens with zero attached hydrogens (tertiary/aromatic N) is 3. The van der Waals surface area contributed by atoms with Crippen molar-refractivity contribution in [3.63, 3.8) is 0 Å². The van der Waals surface area contributed by atoms with Crippen molar-refractivity contribution in [1.82, 2.24) is 14.0 Å². The number of amides is 1. The number of hydrogen-bond donors (Lipinski definition) is 2. The van der Waals surface area contributed by atoms with Gasteiger partial charge in [0.2, 0.25) is 5.88 Å². The lowest BCUT2D eigenvalue weighted by Crippen LogP contribution is -2.43. The quantitative estimate of drug-likeness (QED) is 0.374. The highest BCUT2D eigenvalue weighted by atomic mass is 35.5. The van der Waals surface area contributed by atoms with Crippen molar-refractivity contribution in [3.8, 4) is 23.4 Å². The summed E-state index contributed by atoms with van der Waals surface area (Å²) >= 11 is 5.91. The van der Waals surface area contributed by atoms with E-state index in [1.54, 1.807) is 6.07 Å². The largest absolute Gasteiger partial charge is 0.491 e. The second kappa shape index (κ2) is 12.6. The Hall–Kier alpha value is -3.32. The fourth-order valence-corrected chi connectivity index (χ4v) is 3.81. The first-order chi connectivity index (χ1) is 16.9. The van der Waals surface area contributed by atoms with Gasteiger partial charge in [0.1, 0.15) is 23.1 Å². The lowest BCUT2D eigenvalue weighted by Gasteiger charge is -2.21. The van der Waals surface area contributed by atoms with Gasteiger partial charge >= 0.3 is 22.5 Å². The first kappa shape index (κ1) is 28.9. The zero-order valence-corrected chi connectivity index (χ0v) is 20.2. The Morgan fingerprint density at radius 1 is 1.31 bits per heavy atom. The van der Waals surface area contributed by atoms with Gasteiger partial charge in [0.25, 0.3) is 0 Å². The molecule has 1 heterocycles. The highest BCUT2D eigenvalue weighted by Crippen LogP contribution is 2.36. The van der Waals surface area contributed by atoms with Gasteiger partial charge < -0.3 is 19.3 Å². The standard InChI is InChI=1S/C20H20ClF3N4O7S/c1-33-7-8-34-15-4-3-13(12-28(19(29)30)36(31,32)27-6-2-5-25)17(10-15)35-18-16(21)9-14(11-26-18)20(22,23)24/h3-4,9-11,27H,2,6-8,12H2,1H3,(H,29,30). The summed E-state index contributed by atoms with van der Waals surface area (Å²) in [5.41, 5.74) is -1.14. The number of nitriles is 1. The van der Waals surface area contributed by atoms with Crippen LogP contribution in [-0.4, -0.2) is 55.8 Å². The molecule has 36 heavy (non-hydrogen) atoms. The van der Waals surface area contributed by atoms with E-state index in [4.69, 9.17) is 31.1 Å². The number of pyridine rings is 1. The summed E-state index contributed by atoms with van der Waals surface area (Å²) in [4.78, 5) is 15.3. The fourth-order valence-electron chi connectivity index (χ4n) is 2.58. The van der Waals surface area contributed by atoms with Gasteiger partial charge in [-0.1, -0.05) is 11.6 Å². The Labute approximate surface area is 209 Å². The van der Waals surface area contributed by atoms with Crippen LogP contribution in [0.15, 0.2) is 30.5 Å². The molecule has 2 N–H and O–H groups in total. The summed E-state index contributed by atoms with van der Waals surface area (Å²) in [7, 11) is -3.13. The van der Waals surface area contributed by atoms with Crippen LogP contribution in [0.4, 0.5) is 18.0 Å². The molecule has 16 heteroatoms. The monoisotopic (exact) mass is 552 g/mol. The van der Waals surface area contributed by atoms with Gasteiger partial charge in [-0.15, -0.1) is 0 Å². The third-order valence-corrected chi connectivity index (χ3v) is 5.98. The molecule has 1 amide bonds. The molecule has 2 aromatic rings. The third-order valence-electron chi connectivity index (χ3n) is 4.27. The number of carboxylic acid groups (broad SMARTS) is 1. The lowest BCUT2D eigenvalue weighted by molar-refractivity contribution is -0.137. The van der Waals surface area contributed by atoms with Crippen molar-refractivity contribution in [2.45, 2.75) is 19.1 Å². The van der Waals surface area contributed by atoms with Crippen LogP contribution in [0.25, 0.3) is 0 Å². The van der Waals surface area contributed by atoms with Gasteiger partial charge in [-0.25, -0.2) is 9.78 Å². The van der Waals surface area contributed by atoms with E-state index in [1.165, 1.54) is 25.3 Å². The van der Waals surface area contributed by atoms with Gasteiger partial charge in [0.05, 0.1) is 24.8 Å². The van der Waals surface area contributed by atoms with Crippen LogP contribution in [0.2, 0.25) is 5.02 Å². The van der Waals surface area contributed by atoms with E-state index in [1.807, 2.05) is 4.72 Å². The number of rotatable bonds is 12. The molecule has 0 aliphatic rings. The van der Waals surface area contributed by atoms with Gasteiger partial charge in [0.15, 0.2) is 0 Å². The highest BCUT2D eigenvalue weighted by molar-refractivity contribution is 7.87. The van der Waals surface area contributed by atoms with Gasteiger partial charge in [0, 0.05) is 37.9 Å². The average Bonchev–Trinajstić information content (AvgIpc) is 2.79. The van der Waals surface area contributed by atoms with Crippen molar-refractivity contribution < 1.29 is 45.7 Å². The molecule has 11 nitrogen and oxygen atoms in total. The van der Waals surface area contributed by atoms with Crippen LogP contribution in [0.5, 0.6) is 17.4 Å². The van der Waals surface area contributed by atoms with Crippen molar-refractivity contribution in [2.75, 3.05) is 26.9 Å². The third kappa shape index (κ3) is 8.12. The minimum Gasteiger partial charge on any atom is -0.491 e. The summed E-state index contributed by atoms with van der Waals surface area (Å²) in [5.74, 6) is -0.430. The zero-order chi connectivity index (χ0) is 26.9. The molecule has 0 atom stereocenters. The number of hydrogen-bond acceptors (Lipinski definition) is 8. The first-order valence-electron chi connectivity index (χ1n) is 9.91. The Bertz CT molecular complexity index is 1220. The molecule has 0 saturated heterocycles. The topological polar surface area (TPSA) is 151 Å². The average molecular weight is 553 g/mol. The van der Waals surface area contributed by atoms with Gasteiger partial charge in [-0.05, 0) is 18.2 Å². The predicted octanol–water partition coefficient (Wildman–Crippen LogP) is 3.80. The smallest absolute Gasteiger partial charge is 0.422 e. The zero-order valence-electron chi connectivity index (χ0n) is 18.6. The predicted molar refractivity (Wildman–Crippen MR) is 119 cm³/mol. The summed E-state index contributed by atoms with van der Waals surface area (Å²) in [5, 5.41) is 17.6. The van der Waals surface area contributed by atoms with Crippen LogP contribution >= 0.6 is 11.6 Å². The normalized spacial score (nSPS) is 11.6. The molecule has 196 valence electrons. The second-order valence-corrected chi connectivity index (χ2v) is 8.91. The van der Waals surface area contributed by atoms with Crippen LogP contribution in [0.1, 0.15) is 17.5 Å². The molecule has 2 rings (SSSR count). The van der Waals surface area contributed by atoms with E-state index in [0.717, 1.165) is 0 Å². The number of carbonyl (C=O) groups is 1. The van der Waals surface area contributed by atoms with Crippen LogP contribution in [-0.2, 0) is 27.7 Å². The number of halogens is 4. The maximum absolute atomic E-state index is 12.9. The first-order valence-corrected chi connectivity index (χ1v) is 11.7. The van der Waals surface area contributed by atoms with Crippen molar-refractivity contribution in [2.24, 2.45) is 0 Å². The van der Waals surface area contributed by atoms with Crippen LogP contribution in [0, 0.1) is 11.3 Å². The highest BCUT2D eigenvalue weighted by Gasteiger charge is 2.32. The Morgan fingerprint density at radius 2 is 2.03 bits per heavy atom. The molecule has 0 aliphatic heterocycles. The van der Waals surface area contributed by atoms with E-state index in [9.17, 15) is 31.5 Å². The molecule has 0 fully saturated rings. The lowest BCUT2D eigenvalue weighted by atomic mass is 10.2. The number of aromatic nitrogens is 1. The number of alkyl halides is 3. The number of benzene rings is 1. The van der Waals surface area contributed by atoms with E-state index >= 15 is 0 Å². The second-order valence-electron chi connectivity index (χ2n) is 6.82. The number of nitrogens with one attached hydrogen (secondary N) is 1. The Balaban J connectivity index is 2.44. The fraction of sp³-hybridized carbons (Fsp3) is 0.350. The van der Waals surface area contributed by atoms with E-state index in [0.29, 0.717) is 12.3 Å². The van der Waals surface area contributed by atoms with E-state index in [2.05, 4.69) is 4.98 Å². The van der Waals surface area contributed by atoms with Crippen molar-refractivity contribution >= 4 is 27.9 Å². The van der Waals surface area contributed by atoms with Crippen molar-refractivity contribution in [3.05, 3.63) is 46.6 Å². The molecule has 1 aromatic heterocycles. The SMILES string of the molecule is COCCOc1ccc(CN(C(=O)O)S(=O)(=O)NCCC#N)c(Oc2ncc(C(F)(F)F)cc2Cl)c1. The summed E-state index contributed by atoms with van der Waals surface area (Å²) in [6.07, 6.45) is -6.25. The van der Waals surface area contributed by atoms with Crippen molar-refractivity contribution in [1.29, 1.82) is 5.26 Å². The molecule has 0 unspecified atom stereocenters. The van der Waals surface area contributed by atoms with E-state index in [-0.39, 0.29) is 47.5 Å². The molecule has 0 spiro atoms. The molecule has 0 radical (unpaired) electrons. The molecule has 1 aromatic carbocycles. The molecular formula is C20H20ClF3N4O7S. The van der Waals surface area contributed by atoms with Gasteiger partial charge in [-0.3, -0.25) is 0 Å². The molecule has 0 bridgehead atoms. The minimum absolute atomic E-state index is 0.0140. The molecular weight excluding hydrogens is 533 g/mol.